The molecule has 1 nitrogen and oxygen atoms in total. The average molecular weight is 632 g/mol. The number of aliphatic hydroxyl groups is 1. The maximum Gasteiger partial charge on any atom is 0.423 e. The molecule has 0 amide bonds. The van der Waals surface area contributed by atoms with E-state index in [9.17, 15) is 105 Å². The fourth-order valence-corrected chi connectivity index (χ4v) is 2.04. The fourth-order valence-electron chi connectivity index (χ4n) is 2.04. The lowest BCUT2D eigenvalue weighted by molar-refractivity contribution is -0.485. The summed E-state index contributed by atoms with van der Waals surface area (Å²) >= 11 is 0. The molecule has 0 aliphatic heterocycles. The molecule has 0 aromatic carbocycles. The third kappa shape index (κ3) is 4.01. The Morgan fingerprint density at radius 3 is 0.526 bits per heavy atom. The van der Waals surface area contributed by atoms with Gasteiger partial charge in [-0.2, -0.15) is 105 Å². The van der Waals surface area contributed by atoms with E-state index in [0.29, 0.717) is 0 Å². The zero-order valence-corrected chi connectivity index (χ0v) is 16.5. The molecule has 38 heavy (non-hydrogen) atoms. The molecule has 0 saturated heterocycles. The minimum absolute atomic E-state index is 1.50. The van der Waals surface area contributed by atoms with Crippen molar-refractivity contribution in [1.82, 2.24) is 0 Å². The standard InChI is InChI=1S/C13H4F24O/c1-2(14,15)3(16,17)4(18,19)5(20,21)6(22,23)7(24,25)8(26,27)9(28,29)10(30,31)11(32,33)12(34,35)13(36,37)38/h38H,1H3. The van der Waals surface area contributed by atoms with Crippen LogP contribution in [0, 0.1) is 0 Å². The van der Waals surface area contributed by atoms with Crippen LogP contribution in [-0.4, -0.2) is 76.4 Å². The van der Waals surface area contributed by atoms with Gasteiger partial charge in [-0.15, -0.1) is 0 Å². The maximum absolute atomic E-state index is 13.4. The first-order valence-corrected chi connectivity index (χ1v) is 8.01. The van der Waals surface area contributed by atoms with Crippen LogP contribution in [0.3, 0.4) is 0 Å². The highest BCUT2D eigenvalue weighted by Crippen LogP contribution is 2.67. The highest BCUT2D eigenvalue weighted by Gasteiger charge is 2.99. The molecule has 0 heterocycles. The predicted molar refractivity (Wildman–Crippen MR) is 67.3 cm³/mol. The summed E-state index contributed by atoms with van der Waals surface area (Å²) < 4.78 is 314. The number of halogens is 24. The van der Waals surface area contributed by atoms with Crippen molar-refractivity contribution < 1.29 is 110 Å². The van der Waals surface area contributed by atoms with E-state index in [-0.39, 0.29) is 0 Å². The Morgan fingerprint density at radius 1 is 0.263 bits per heavy atom. The van der Waals surface area contributed by atoms with Gasteiger partial charge in [0.15, 0.2) is 0 Å². The summed E-state index contributed by atoms with van der Waals surface area (Å²) in [5.74, 6) is -96.9. The van der Waals surface area contributed by atoms with Crippen molar-refractivity contribution in [3.8, 4) is 0 Å². The minimum Gasteiger partial charge on any atom is -0.331 e. The lowest BCUT2D eigenvalue weighted by Gasteiger charge is -2.45. The second-order valence-corrected chi connectivity index (χ2v) is 7.17. The topological polar surface area (TPSA) is 20.2 Å². The first-order chi connectivity index (χ1) is 15.8. The van der Waals surface area contributed by atoms with E-state index in [0.717, 1.165) is 0 Å². The van der Waals surface area contributed by atoms with Crippen LogP contribution in [0.15, 0.2) is 0 Å². The molecule has 0 unspecified atom stereocenters. The monoisotopic (exact) mass is 632 g/mol. The predicted octanol–water partition coefficient (Wildman–Crippen LogP) is 7.58. The van der Waals surface area contributed by atoms with Gasteiger partial charge < -0.3 is 5.11 Å². The average Bonchev–Trinajstić information content (AvgIpc) is 2.64. The van der Waals surface area contributed by atoms with Gasteiger partial charge in [0.25, 0.3) is 0 Å². The van der Waals surface area contributed by atoms with E-state index in [1.807, 2.05) is 0 Å². The summed E-state index contributed by atoms with van der Waals surface area (Å²) in [4.78, 5) is 0. The zero-order chi connectivity index (χ0) is 32.0. The van der Waals surface area contributed by atoms with Crippen LogP contribution in [0.2, 0.25) is 0 Å². The first kappa shape index (κ1) is 36.3. The molecule has 0 atom stereocenters. The Labute approximate surface area is 190 Å². The van der Waals surface area contributed by atoms with Crippen LogP contribution in [0.25, 0.3) is 0 Å². The number of hydrogen-bond donors (Lipinski definition) is 1. The lowest BCUT2D eigenvalue weighted by Crippen LogP contribution is -2.78. The Hall–Kier alpha value is -1.72. The molecule has 0 aromatic rings. The van der Waals surface area contributed by atoms with Crippen LogP contribution in [0.1, 0.15) is 6.92 Å². The van der Waals surface area contributed by atoms with E-state index in [4.69, 9.17) is 5.11 Å². The number of hydrogen-bond acceptors (Lipinski definition) is 1. The minimum atomic E-state index is -9.51. The van der Waals surface area contributed by atoms with Gasteiger partial charge in [-0.25, -0.2) is 0 Å². The Morgan fingerprint density at radius 2 is 0.395 bits per heavy atom. The van der Waals surface area contributed by atoms with Gasteiger partial charge in [0.2, 0.25) is 0 Å². The smallest absolute Gasteiger partial charge is 0.331 e. The van der Waals surface area contributed by atoms with E-state index < -0.39 is 78.2 Å². The Balaban J connectivity index is 7.29. The van der Waals surface area contributed by atoms with Crippen LogP contribution in [-0.2, 0) is 0 Å². The zero-order valence-electron chi connectivity index (χ0n) is 16.5. The van der Waals surface area contributed by atoms with Crippen LogP contribution in [0.5, 0.6) is 0 Å². The van der Waals surface area contributed by atoms with Gasteiger partial charge >= 0.3 is 71.3 Å². The highest BCUT2D eigenvalue weighted by atomic mass is 19.4. The van der Waals surface area contributed by atoms with Crippen LogP contribution < -0.4 is 0 Å². The van der Waals surface area contributed by atoms with E-state index in [1.165, 1.54) is 0 Å². The van der Waals surface area contributed by atoms with Crippen LogP contribution in [0.4, 0.5) is 105 Å². The molecule has 0 rings (SSSR count). The summed E-state index contributed by atoms with van der Waals surface area (Å²) in [6, 6.07) is 0. The maximum atomic E-state index is 13.4. The molecule has 0 aliphatic carbocycles. The quantitative estimate of drug-likeness (QED) is 0.233. The van der Waals surface area contributed by atoms with Gasteiger partial charge in [-0.3, -0.25) is 0 Å². The Kier molecular flexibility index (Phi) is 8.01. The summed E-state index contributed by atoms with van der Waals surface area (Å²) in [5.41, 5.74) is 0. The molecular weight excluding hydrogens is 628 g/mol. The van der Waals surface area contributed by atoms with Crippen molar-refractivity contribution in [2.45, 2.75) is 78.2 Å². The summed E-state index contributed by atoms with van der Waals surface area (Å²) in [5, 5.41) is 7.43. The normalized spacial score (nSPS) is 17.2. The molecular formula is C13H4F24O. The van der Waals surface area contributed by atoms with Crippen molar-refractivity contribution in [1.29, 1.82) is 0 Å². The number of rotatable bonds is 11. The third-order valence-corrected chi connectivity index (χ3v) is 4.48. The molecule has 1 N–H and O–H groups in total. The molecule has 0 bridgehead atoms. The summed E-state index contributed by atoms with van der Waals surface area (Å²) in [7, 11) is 0. The SMILES string of the molecule is CC(F)(F)C(F)(F)C(F)(F)C(F)(F)C(F)(F)C(F)(F)C(F)(F)C(F)(F)C(F)(F)C(F)(F)C(F)(F)C(O)(F)F. The fraction of sp³-hybridized carbons (Fsp3) is 1.00. The van der Waals surface area contributed by atoms with Gasteiger partial charge in [0.05, 0.1) is 0 Å². The van der Waals surface area contributed by atoms with Crippen molar-refractivity contribution in [3.63, 3.8) is 0 Å². The lowest BCUT2D eigenvalue weighted by atomic mass is 9.84. The van der Waals surface area contributed by atoms with Gasteiger partial charge in [0.1, 0.15) is 0 Å². The van der Waals surface area contributed by atoms with E-state index in [2.05, 4.69) is 0 Å². The second-order valence-electron chi connectivity index (χ2n) is 7.17. The van der Waals surface area contributed by atoms with Gasteiger partial charge in [0, 0.05) is 6.92 Å². The molecule has 0 saturated carbocycles. The van der Waals surface area contributed by atoms with E-state index >= 15 is 0 Å². The summed E-state index contributed by atoms with van der Waals surface area (Å²) in [6.45, 7) is -1.50. The second kappa shape index (κ2) is 8.39. The summed E-state index contributed by atoms with van der Waals surface area (Å²) in [6.07, 6.45) is -7.65. The molecule has 0 spiro atoms. The highest BCUT2D eigenvalue weighted by molar-refractivity contribution is 5.19. The molecule has 0 radical (unpaired) electrons. The van der Waals surface area contributed by atoms with Gasteiger partial charge in [-0.1, -0.05) is 0 Å². The third-order valence-electron chi connectivity index (χ3n) is 4.48. The van der Waals surface area contributed by atoms with E-state index in [1.54, 1.807) is 0 Å². The number of alkyl halides is 24. The Bertz CT molecular complexity index is 799. The van der Waals surface area contributed by atoms with Crippen molar-refractivity contribution in [2.75, 3.05) is 0 Å². The molecule has 0 aromatic heterocycles. The largest absolute Gasteiger partial charge is 0.423 e. The van der Waals surface area contributed by atoms with Crippen molar-refractivity contribution >= 4 is 0 Å². The van der Waals surface area contributed by atoms with Crippen molar-refractivity contribution in [2.24, 2.45) is 0 Å². The molecule has 230 valence electrons. The van der Waals surface area contributed by atoms with Gasteiger partial charge in [-0.05, 0) is 0 Å². The first-order valence-electron chi connectivity index (χ1n) is 8.01. The molecule has 0 fully saturated rings. The molecule has 0 aliphatic rings. The molecule has 25 heteroatoms. The van der Waals surface area contributed by atoms with Crippen molar-refractivity contribution in [3.05, 3.63) is 0 Å². The van der Waals surface area contributed by atoms with Crippen LogP contribution >= 0.6 is 0 Å².